The van der Waals surface area contributed by atoms with Crippen LogP contribution in [0.25, 0.3) is 0 Å². The second-order valence-electron chi connectivity index (χ2n) is 6.06. The van der Waals surface area contributed by atoms with Crippen molar-refractivity contribution in [3.8, 4) is 0 Å². The zero-order valence-corrected chi connectivity index (χ0v) is 15.6. The molecule has 0 aliphatic rings. The van der Waals surface area contributed by atoms with Crippen LogP contribution in [-0.4, -0.2) is 21.4 Å². The van der Waals surface area contributed by atoms with Gasteiger partial charge in [-0.15, -0.1) is 0 Å². The van der Waals surface area contributed by atoms with Crippen LogP contribution in [0.3, 0.4) is 0 Å². The summed E-state index contributed by atoms with van der Waals surface area (Å²) in [7, 11) is -2.04. The molecule has 0 aliphatic carbocycles. The molecule has 2 N–H and O–H groups in total. The van der Waals surface area contributed by atoms with E-state index >= 15 is 0 Å². The van der Waals surface area contributed by atoms with Gasteiger partial charge in [0.2, 0.25) is 15.9 Å². The van der Waals surface area contributed by atoms with Crippen molar-refractivity contribution >= 4 is 15.9 Å². The summed E-state index contributed by atoms with van der Waals surface area (Å²) in [6.45, 7) is 4.60. The molecule has 0 radical (unpaired) electrons. The lowest BCUT2D eigenvalue weighted by Gasteiger charge is -2.09. The third-order valence-corrected chi connectivity index (χ3v) is 5.55. The molecule has 5 nitrogen and oxygen atoms in total. The molecule has 0 aliphatic heterocycles. The molecule has 2 rings (SSSR count). The molecule has 2 aromatic rings. The Bertz CT molecular complexity index is 843. The van der Waals surface area contributed by atoms with E-state index in [1.807, 2.05) is 26.0 Å². The van der Waals surface area contributed by atoms with E-state index < -0.39 is 10.0 Å². The smallest absolute Gasteiger partial charge is 0.240 e. The van der Waals surface area contributed by atoms with Gasteiger partial charge in [-0.05, 0) is 56.1 Å². The zero-order chi connectivity index (χ0) is 18.4. The summed E-state index contributed by atoms with van der Waals surface area (Å²) >= 11 is 0. The standard InChI is InChI=1S/C19H24N2O3S/c1-14-4-8-17(15(2)12-14)13-21-19(22)11-7-16-5-9-18(10-6-16)25(23,24)20-3/h4-6,8-10,12,20H,7,11,13H2,1-3H3,(H,21,22). The van der Waals surface area contributed by atoms with Crippen molar-refractivity contribution in [1.29, 1.82) is 0 Å². The van der Waals surface area contributed by atoms with E-state index in [0.717, 1.165) is 11.1 Å². The minimum atomic E-state index is -3.42. The van der Waals surface area contributed by atoms with Crippen LogP contribution in [0.4, 0.5) is 0 Å². The monoisotopic (exact) mass is 360 g/mol. The Morgan fingerprint density at radius 1 is 1.04 bits per heavy atom. The molecule has 0 unspecified atom stereocenters. The quantitative estimate of drug-likeness (QED) is 0.796. The molecule has 0 saturated carbocycles. The maximum atomic E-state index is 12.0. The van der Waals surface area contributed by atoms with Crippen molar-refractivity contribution in [2.45, 2.75) is 38.1 Å². The summed E-state index contributed by atoms with van der Waals surface area (Å²) < 4.78 is 25.6. The predicted molar refractivity (Wildman–Crippen MR) is 98.8 cm³/mol. The Hall–Kier alpha value is -2.18. The van der Waals surface area contributed by atoms with E-state index in [-0.39, 0.29) is 10.8 Å². The number of carbonyl (C=O) groups excluding carboxylic acids is 1. The van der Waals surface area contributed by atoms with Crippen molar-refractivity contribution in [2.24, 2.45) is 0 Å². The third kappa shape index (κ3) is 5.41. The van der Waals surface area contributed by atoms with E-state index in [1.165, 1.54) is 18.2 Å². The molecule has 0 atom stereocenters. The summed E-state index contributed by atoms with van der Waals surface area (Å²) in [5, 5.41) is 2.93. The predicted octanol–water partition coefficient (Wildman–Crippen LogP) is 2.46. The first-order valence-corrected chi connectivity index (χ1v) is 9.65. The lowest BCUT2D eigenvalue weighted by molar-refractivity contribution is -0.121. The highest BCUT2D eigenvalue weighted by molar-refractivity contribution is 7.89. The molecule has 0 aromatic heterocycles. The first kappa shape index (κ1) is 19.1. The highest BCUT2D eigenvalue weighted by atomic mass is 32.2. The number of rotatable bonds is 7. The number of benzene rings is 2. The molecular formula is C19H24N2O3S. The molecular weight excluding hydrogens is 336 g/mol. The van der Waals surface area contributed by atoms with Crippen molar-refractivity contribution in [3.05, 3.63) is 64.7 Å². The van der Waals surface area contributed by atoms with Crippen LogP contribution < -0.4 is 10.0 Å². The van der Waals surface area contributed by atoms with E-state index in [4.69, 9.17) is 0 Å². The first-order chi connectivity index (χ1) is 11.8. The van der Waals surface area contributed by atoms with Gasteiger partial charge in [-0.2, -0.15) is 0 Å². The van der Waals surface area contributed by atoms with Gasteiger partial charge in [0.1, 0.15) is 0 Å². The van der Waals surface area contributed by atoms with Gasteiger partial charge in [0.25, 0.3) is 0 Å². The molecule has 0 spiro atoms. The van der Waals surface area contributed by atoms with Gasteiger partial charge in [-0.25, -0.2) is 13.1 Å². The first-order valence-electron chi connectivity index (χ1n) is 8.17. The Morgan fingerprint density at radius 3 is 2.32 bits per heavy atom. The van der Waals surface area contributed by atoms with Gasteiger partial charge in [0.15, 0.2) is 0 Å². The number of amides is 1. The molecule has 6 heteroatoms. The van der Waals surface area contributed by atoms with Crippen LogP contribution >= 0.6 is 0 Å². The number of nitrogens with one attached hydrogen (secondary N) is 2. The molecule has 134 valence electrons. The second-order valence-corrected chi connectivity index (χ2v) is 7.94. The van der Waals surface area contributed by atoms with E-state index in [1.54, 1.807) is 24.3 Å². The average Bonchev–Trinajstić information content (AvgIpc) is 2.59. The zero-order valence-electron chi connectivity index (χ0n) is 14.8. The van der Waals surface area contributed by atoms with Crippen molar-refractivity contribution in [2.75, 3.05) is 7.05 Å². The van der Waals surface area contributed by atoms with E-state index in [0.29, 0.717) is 19.4 Å². The number of carbonyl (C=O) groups is 1. The summed E-state index contributed by atoms with van der Waals surface area (Å²) in [6, 6.07) is 12.7. The molecule has 1 amide bonds. The Kier molecular flexibility index (Phi) is 6.33. The fourth-order valence-corrected chi connectivity index (χ4v) is 3.27. The summed E-state index contributed by atoms with van der Waals surface area (Å²) in [5.74, 6) is -0.0214. The van der Waals surface area contributed by atoms with Crippen LogP contribution in [0.15, 0.2) is 47.4 Å². The minimum Gasteiger partial charge on any atom is -0.352 e. The highest BCUT2D eigenvalue weighted by Crippen LogP contribution is 2.12. The summed E-state index contributed by atoms with van der Waals surface area (Å²) in [5.41, 5.74) is 4.41. The molecule has 0 fully saturated rings. The van der Waals surface area contributed by atoms with E-state index in [9.17, 15) is 13.2 Å². The van der Waals surface area contributed by atoms with Crippen LogP contribution in [0.5, 0.6) is 0 Å². The lowest BCUT2D eigenvalue weighted by atomic mass is 10.1. The highest BCUT2D eigenvalue weighted by Gasteiger charge is 2.11. The molecule has 2 aromatic carbocycles. The number of sulfonamides is 1. The molecule has 0 heterocycles. The van der Waals surface area contributed by atoms with Crippen molar-refractivity contribution in [1.82, 2.24) is 10.0 Å². The maximum absolute atomic E-state index is 12.0. The maximum Gasteiger partial charge on any atom is 0.240 e. The second kappa shape index (κ2) is 8.27. The van der Waals surface area contributed by atoms with Crippen LogP contribution in [0.1, 0.15) is 28.7 Å². The number of aryl methyl sites for hydroxylation is 3. The van der Waals surface area contributed by atoms with Gasteiger partial charge in [0, 0.05) is 13.0 Å². The fourth-order valence-electron chi connectivity index (χ4n) is 2.54. The van der Waals surface area contributed by atoms with Gasteiger partial charge in [0.05, 0.1) is 4.90 Å². The summed E-state index contributed by atoms with van der Waals surface area (Å²) in [4.78, 5) is 12.2. The van der Waals surface area contributed by atoms with Gasteiger partial charge in [-0.1, -0.05) is 35.9 Å². The topological polar surface area (TPSA) is 75.3 Å². The summed E-state index contributed by atoms with van der Waals surface area (Å²) in [6.07, 6.45) is 0.932. The van der Waals surface area contributed by atoms with Crippen LogP contribution in [0, 0.1) is 13.8 Å². The normalized spacial score (nSPS) is 11.3. The fraction of sp³-hybridized carbons (Fsp3) is 0.316. The minimum absolute atomic E-state index is 0.0214. The Balaban J connectivity index is 1.85. The third-order valence-electron chi connectivity index (χ3n) is 4.12. The van der Waals surface area contributed by atoms with Crippen LogP contribution in [0.2, 0.25) is 0 Å². The largest absolute Gasteiger partial charge is 0.352 e. The number of hydrogen-bond donors (Lipinski definition) is 2. The van der Waals surface area contributed by atoms with Gasteiger partial charge in [-0.3, -0.25) is 4.79 Å². The van der Waals surface area contributed by atoms with Gasteiger partial charge >= 0.3 is 0 Å². The average molecular weight is 360 g/mol. The van der Waals surface area contributed by atoms with Crippen molar-refractivity contribution in [3.63, 3.8) is 0 Å². The Labute approximate surface area is 149 Å². The molecule has 0 bridgehead atoms. The molecule has 0 saturated heterocycles. The number of hydrogen-bond acceptors (Lipinski definition) is 3. The van der Waals surface area contributed by atoms with Crippen molar-refractivity contribution < 1.29 is 13.2 Å². The SMILES string of the molecule is CNS(=O)(=O)c1ccc(CCC(=O)NCc2ccc(C)cc2C)cc1. The van der Waals surface area contributed by atoms with Gasteiger partial charge < -0.3 is 5.32 Å². The van der Waals surface area contributed by atoms with Crippen LogP contribution in [-0.2, 0) is 27.8 Å². The molecule has 25 heavy (non-hydrogen) atoms. The lowest BCUT2D eigenvalue weighted by Crippen LogP contribution is -2.23. The Morgan fingerprint density at radius 2 is 1.72 bits per heavy atom. The van der Waals surface area contributed by atoms with E-state index in [2.05, 4.69) is 16.1 Å².